The molecule has 0 saturated carbocycles. The van der Waals surface area contributed by atoms with Gasteiger partial charge in [-0.25, -0.2) is 9.37 Å². The molecule has 4 heteroatoms. The van der Waals surface area contributed by atoms with Crippen LogP contribution in [0.4, 0.5) is 4.39 Å². The summed E-state index contributed by atoms with van der Waals surface area (Å²) in [6, 6.07) is 5.34. The van der Waals surface area contributed by atoms with Crippen molar-refractivity contribution in [3.63, 3.8) is 0 Å². The molecule has 0 amide bonds. The molecule has 1 N–H and O–H groups in total. The third-order valence-electron chi connectivity index (χ3n) is 3.02. The van der Waals surface area contributed by atoms with E-state index in [1.54, 1.807) is 6.07 Å². The highest BCUT2D eigenvalue weighted by Crippen LogP contribution is 2.29. The topological polar surface area (TPSA) is 24.9 Å². The number of nitrogens with one attached hydrogen (secondary N) is 1. The van der Waals surface area contributed by atoms with Gasteiger partial charge in [-0.1, -0.05) is 18.6 Å². The van der Waals surface area contributed by atoms with E-state index in [2.05, 4.69) is 24.1 Å². The molecule has 1 atom stereocenters. The third-order valence-corrected chi connectivity index (χ3v) is 3.91. The van der Waals surface area contributed by atoms with Crippen LogP contribution in [0.3, 0.4) is 0 Å². The van der Waals surface area contributed by atoms with Crippen LogP contribution >= 0.6 is 11.3 Å². The Labute approximate surface area is 117 Å². The van der Waals surface area contributed by atoms with Crippen molar-refractivity contribution >= 4 is 11.3 Å². The van der Waals surface area contributed by atoms with Crippen LogP contribution in [0.1, 0.15) is 37.6 Å². The molecule has 1 aromatic heterocycles. The SMILES string of the molecule is CCCNC(C)c1csc(-c2cc(C)ccc2F)n1. The van der Waals surface area contributed by atoms with Crippen molar-refractivity contribution in [1.29, 1.82) is 0 Å². The molecule has 0 radical (unpaired) electrons. The fourth-order valence-corrected chi connectivity index (χ4v) is 2.81. The standard InChI is InChI=1S/C15H19FN2S/c1-4-7-17-11(3)14-9-19-15(18-14)12-8-10(2)5-6-13(12)16/h5-6,8-9,11,17H,4,7H2,1-3H3. The Balaban J connectivity index is 2.23. The van der Waals surface area contributed by atoms with E-state index in [4.69, 9.17) is 0 Å². The predicted molar refractivity (Wildman–Crippen MR) is 79.0 cm³/mol. The highest BCUT2D eigenvalue weighted by molar-refractivity contribution is 7.13. The van der Waals surface area contributed by atoms with Gasteiger partial charge < -0.3 is 5.32 Å². The molecule has 2 nitrogen and oxygen atoms in total. The minimum absolute atomic E-state index is 0.206. The van der Waals surface area contributed by atoms with Crippen LogP contribution in [0, 0.1) is 12.7 Å². The number of aryl methyl sites for hydroxylation is 1. The van der Waals surface area contributed by atoms with E-state index >= 15 is 0 Å². The molecule has 2 aromatic rings. The maximum Gasteiger partial charge on any atom is 0.133 e. The lowest BCUT2D eigenvalue weighted by Crippen LogP contribution is -2.19. The summed E-state index contributed by atoms with van der Waals surface area (Å²) in [6.45, 7) is 7.14. The Kier molecular flexibility index (Phi) is 4.66. The molecule has 0 fully saturated rings. The maximum atomic E-state index is 13.8. The fourth-order valence-electron chi connectivity index (χ4n) is 1.88. The number of aromatic nitrogens is 1. The lowest BCUT2D eigenvalue weighted by atomic mass is 10.1. The van der Waals surface area contributed by atoms with Gasteiger partial charge in [0.25, 0.3) is 0 Å². The second-order valence-corrected chi connectivity index (χ2v) is 5.59. The van der Waals surface area contributed by atoms with Gasteiger partial charge in [0.2, 0.25) is 0 Å². The van der Waals surface area contributed by atoms with Crippen molar-refractivity contribution in [2.24, 2.45) is 0 Å². The van der Waals surface area contributed by atoms with Crippen LogP contribution in [0.15, 0.2) is 23.6 Å². The van der Waals surface area contributed by atoms with Crippen LogP contribution in [-0.2, 0) is 0 Å². The molecule has 0 saturated heterocycles. The number of hydrogen-bond donors (Lipinski definition) is 1. The molecule has 0 aliphatic rings. The van der Waals surface area contributed by atoms with Gasteiger partial charge in [-0.3, -0.25) is 0 Å². The van der Waals surface area contributed by atoms with E-state index in [9.17, 15) is 4.39 Å². The molecule has 0 bridgehead atoms. The first-order chi connectivity index (χ1) is 9.11. The number of thiazole rings is 1. The molecular formula is C15H19FN2S. The maximum absolute atomic E-state index is 13.8. The highest BCUT2D eigenvalue weighted by Gasteiger charge is 2.13. The minimum Gasteiger partial charge on any atom is -0.309 e. The highest BCUT2D eigenvalue weighted by atomic mass is 32.1. The molecule has 2 rings (SSSR count). The first kappa shape index (κ1) is 14.2. The summed E-state index contributed by atoms with van der Waals surface area (Å²) >= 11 is 1.50. The Hall–Kier alpha value is -1.26. The molecule has 1 aromatic carbocycles. The van der Waals surface area contributed by atoms with Crippen LogP contribution in [0.2, 0.25) is 0 Å². The van der Waals surface area contributed by atoms with Crippen LogP contribution in [0.25, 0.3) is 10.6 Å². The number of halogens is 1. The number of benzene rings is 1. The number of nitrogens with zero attached hydrogens (tertiary/aromatic N) is 1. The second kappa shape index (κ2) is 6.26. The molecule has 0 aliphatic carbocycles. The lowest BCUT2D eigenvalue weighted by molar-refractivity contribution is 0.561. The van der Waals surface area contributed by atoms with Gasteiger partial charge in [0.15, 0.2) is 0 Å². The Morgan fingerprint density at radius 3 is 2.95 bits per heavy atom. The van der Waals surface area contributed by atoms with Crippen molar-refractivity contribution in [1.82, 2.24) is 10.3 Å². The van der Waals surface area contributed by atoms with Gasteiger partial charge in [-0.15, -0.1) is 11.3 Å². The zero-order valence-electron chi connectivity index (χ0n) is 11.5. The molecule has 0 aliphatic heterocycles. The summed E-state index contributed by atoms with van der Waals surface area (Å²) in [5, 5.41) is 6.15. The zero-order chi connectivity index (χ0) is 13.8. The normalized spacial score (nSPS) is 12.6. The summed E-state index contributed by atoms with van der Waals surface area (Å²) in [4.78, 5) is 4.55. The third kappa shape index (κ3) is 3.39. The smallest absolute Gasteiger partial charge is 0.133 e. The Bertz CT molecular complexity index is 551. The van der Waals surface area contributed by atoms with Crippen molar-refractivity contribution in [3.8, 4) is 10.6 Å². The van der Waals surface area contributed by atoms with Crippen LogP contribution in [0.5, 0.6) is 0 Å². The summed E-state index contributed by atoms with van der Waals surface area (Å²) < 4.78 is 13.8. The first-order valence-corrected chi connectivity index (χ1v) is 7.45. The zero-order valence-corrected chi connectivity index (χ0v) is 12.4. The predicted octanol–water partition coefficient (Wildman–Crippen LogP) is 4.32. The van der Waals surface area contributed by atoms with E-state index < -0.39 is 0 Å². The lowest BCUT2D eigenvalue weighted by Gasteiger charge is -2.09. The van der Waals surface area contributed by atoms with Gasteiger partial charge in [-0.05, 0) is 38.9 Å². The molecular weight excluding hydrogens is 259 g/mol. The van der Waals surface area contributed by atoms with E-state index in [1.165, 1.54) is 17.4 Å². The number of hydrogen-bond acceptors (Lipinski definition) is 3. The summed E-state index contributed by atoms with van der Waals surface area (Å²) in [6.07, 6.45) is 1.09. The monoisotopic (exact) mass is 278 g/mol. The minimum atomic E-state index is -0.208. The average Bonchev–Trinajstić information content (AvgIpc) is 2.88. The first-order valence-electron chi connectivity index (χ1n) is 6.57. The van der Waals surface area contributed by atoms with E-state index in [1.807, 2.05) is 18.4 Å². The van der Waals surface area contributed by atoms with E-state index in [-0.39, 0.29) is 11.9 Å². The van der Waals surface area contributed by atoms with Crippen molar-refractivity contribution in [2.45, 2.75) is 33.2 Å². The number of rotatable bonds is 5. The quantitative estimate of drug-likeness (QED) is 0.881. The molecule has 1 heterocycles. The van der Waals surface area contributed by atoms with Gasteiger partial charge >= 0.3 is 0 Å². The van der Waals surface area contributed by atoms with Crippen molar-refractivity contribution in [3.05, 3.63) is 40.7 Å². The van der Waals surface area contributed by atoms with E-state index in [0.29, 0.717) is 5.56 Å². The Morgan fingerprint density at radius 2 is 2.21 bits per heavy atom. The van der Waals surface area contributed by atoms with Crippen molar-refractivity contribution < 1.29 is 4.39 Å². The van der Waals surface area contributed by atoms with Gasteiger partial charge in [0, 0.05) is 17.0 Å². The molecule has 19 heavy (non-hydrogen) atoms. The fraction of sp³-hybridized carbons (Fsp3) is 0.400. The molecule has 0 spiro atoms. The van der Waals surface area contributed by atoms with Gasteiger partial charge in [0.1, 0.15) is 10.8 Å². The Morgan fingerprint density at radius 1 is 1.42 bits per heavy atom. The molecule has 1 unspecified atom stereocenters. The summed E-state index contributed by atoms with van der Waals surface area (Å²) in [5.41, 5.74) is 2.62. The second-order valence-electron chi connectivity index (χ2n) is 4.74. The largest absolute Gasteiger partial charge is 0.309 e. The van der Waals surface area contributed by atoms with Crippen LogP contribution in [-0.4, -0.2) is 11.5 Å². The van der Waals surface area contributed by atoms with Crippen molar-refractivity contribution in [2.75, 3.05) is 6.54 Å². The average molecular weight is 278 g/mol. The summed E-state index contributed by atoms with van der Waals surface area (Å²) in [7, 11) is 0. The van der Waals surface area contributed by atoms with E-state index in [0.717, 1.165) is 29.2 Å². The summed E-state index contributed by atoms with van der Waals surface area (Å²) in [5.74, 6) is -0.208. The van der Waals surface area contributed by atoms with Crippen LogP contribution < -0.4 is 5.32 Å². The van der Waals surface area contributed by atoms with Gasteiger partial charge in [-0.2, -0.15) is 0 Å². The van der Waals surface area contributed by atoms with Gasteiger partial charge in [0.05, 0.1) is 5.69 Å². The molecule has 102 valence electrons.